The van der Waals surface area contributed by atoms with Gasteiger partial charge < -0.3 is 9.67 Å². The van der Waals surface area contributed by atoms with Crippen LogP contribution in [-0.2, 0) is 13.2 Å². The van der Waals surface area contributed by atoms with Crippen LogP contribution >= 0.6 is 0 Å². The first-order chi connectivity index (χ1) is 8.78. The first kappa shape index (κ1) is 12.8. The van der Waals surface area contributed by atoms with Crippen molar-refractivity contribution in [3.8, 4) is 0 Å². The third-order valence-corrected chi connectivity index (χ3v) is 3.26. The lowest BCUT2D eigenvalue weighted by atomic mass is 10.2. The molecule has 0 atom stereocenters. The molecule has 5 nitrogen and oxygen atoms in total. The zero-order valence-electron chi connectivity index (χ0n) is 11.0. The van der Waals surface area contributed by atoms with Crippen LogP contribution in [0.25, 0.3) is 0 Å². The molecule has 2 aromatic heterocycles. The van der Waals surface area contributed by atoms with Gasteiger partial charge in [0.15, 0.2) is 0 Å². The zero-order chi connectivity index (χ0) is 13.0. The predicted octanol–water partition coefficient (Wildman–Crippen LogP) is 1.98. The molecular weight excluding hydrogens is 228 g/mol. The average Bonchev–Trinajstić information content (AvgIpc) is 3.01. The van der Waals surface area contributed by atoms with Crippen molar-refractivity contribution in [3.63, 3.8) is 0 Å². The van der Waals surface area contributed by atoms with Crippen LogP contribution in [-0.4, -0.2) is 24.4 Å². The van der Waals surface area contributed by atoms with E-state index in [0.717, 1.165) is 18.5 Å². The Kier molecular flexibility index (Phi) is 4.15. The van der Waals surface area contributed by atoms with E-state index >= 15 is 0 Å². The van der Waals surface area contributed by atoms with Crippen LogP contribution in [0.3, 0.4) is 0 Å². The van der Waals surface area contributed by atoms with E-state index in [1.54, 1.807) is 6.20 Å². The van der Waals surface area contributed by atoms with E-state index in [-0.39, 0.29) is 6.61 Å². The van der Waals surface area contributed by atoms with Crippen LogP contribution in [0.15, 0.2) is 24.7 Å². The summed E-state index contributed by atoms with van der Waals surface area (Å²) >= 11 is 0. The summed E-state index contributed by atoms with van der Waals surface area (Å²) in [6.45, 7) is 4.97. The number of nitrogens with zero attached hydrogens (tertiary/aromatic N) is 4. The van der Waals surface area contributed by atoms with Gasteiger partial charge in [-0.05, 0) is 18.9 Å². The van der Waals surface area contributed by atoms with Crippen LogP contribution in [0.2, 0.25) is 0 Å². The summed E-state index contributed by atoms with van der Waals surface area (Å²) in [5, 5.41) is 13.7. The number of aromatic nitrogens is 4. The second-order valence-electron chi connectivity index (χ2n) is 4.39. The highest BCUT2D eigenvalue weighted by Gasteiger charge is 2.09. The molecule has 0 aliphatic heterocycles. The predicted molar refractivity (Wildman–Crippen MR) is 69.1 cm³/mol. The van der Waals surface area contributed by atoms with Crippen molar-refractivity contribution in [3.05, 3.63) is 36.2 Å². The molecule has 1 N–H and O–H groups in total. The van der Waals surface area contributed by atoms with Crippen LogP contribution < -0.4 is 0 Å². The Morgan fingerprint density at radius 2 is 2.06 bits per heavy atom. The van der Waals surface area contributed by atoms with Crippen molar-refractivity contribution < 1.29 is 5.11 Å². The molecule has 0 radical (unpaired) electrons. The molecule has 0 saturated heterocycles. The van der Waals surface area contributed by atoms with Crippen LogP contribution in [0.5, 0.6) is 0 Å². The van der Waals surface area contributed by atoms with Crippen molar-refractivity contribution >= 4 is 0 Å². The first-order valence-electron chi connectivity index (χ1n) is 6.43. The molecule has 2 heterocycles. The summed E-state index contributed by atoms with van der Waals surface area (Å²) in [6, 6.07) is 2.50. The van der Waals surface area contributed by atoms with Gasteiger partial charge in [-0.1, -0.05) is 13.8 Å². The van der Waals surface area contributed by atoms with Gasteiger partial charge in [0.25, 0.3) is 0 Å². The van der Waals surface area contributed by atoms with E-state index in [0.29, 0.717) is 18.4 Å². The quantitative estimate of drug-likeness (QED) is 0.850. The van der Waals surface area contributed by atoms with Crippen LogP contribution in [0, 0.1) is 0 Å². The lowest BCUT2D eigenvalue weighted by Crippen LogP contribution is -2.09. The number of hydrogen-bond donors (Lipinski definition) is 1. The van der Waals surface area contributed by atoms with Gasteiger partial charge in [0.1, 0.15) is 12.4 Å². The molecule has 2 rings (SSSR count). The second-order valence-corrected chi connectivity index (χ2v) is 4.39. The van der Waals surface area contributed by atoms with E-state index in [2.05, 4.69) is 23.9 Å². The summed E-state index contributed by atoms with van der Waals surface area (Å²) in [4.78, 5) is 4.08. The largest absolute Gasteiger partial charge is 0.388 e. The van der Waals surface area contributed by atoms with Gasteiger partial charge in [-0.3, -0.25) is 4.68 Å². The monoisotopic (exact) mass is 248 g/mol. The zero-order valence-corrected chi connectivity index (χ0v) is 11.0. The molecule has 0 spiro atoms. The molecule has 0 saturated carbocycles. The minimum absolute atomic E-state index is 0.0414. The summed E-state index contributed by atoms with van der Waals surface area (Å²) in [5.74, 6) is 0.673. The molecule has 98 valence electrons. The van der Waals surface area contributed by atoms with Crippen molar-refractivity contribution in [1.29, 1.82) is 0 Å². The Morgan fingerprint density at radius 3 is 2.72 bits per heavy atom. The maximum absolute atomic E-state index is 9.15. The van der Waals surface area contributed by atoms with E-state index < -0.39 is 0 Å². The van der Waals surface area contributed by atoms with E-state index in [1.807, 2.05) is 27.7 Å². The summed E-state index contributed by atoms with van der Waals surface area (Å²) in [5.41, 5.74) is 0.995. The van der Waals surface area contributed by atoms with Crippen molar-refractivity contribution in [2.75, 3.05) is 0 Å². The van der Waals surface area contributed by atoms with E-state index in [1.165, 1.54) is 0 Å². The van der Waals surface area contributed by atoms with Crippen molar-refractivity contribution in [2.24, 2.45) is 0 Å². The number of imidazole rings is 1. The molecular formula is C13H20N4O. The topological polar surface area (TPSA) is 55.9 Å². The Hall–Kier alpha value is -1.62. The molecule has 0 unspecified atom stereocenters. The molecule has 0 aromatic carbocycles. The van der Waals surface area contributed by atoms with Gasteiger partial charge in [0, 0.05) is 18.6 Å². The fourth-order valence-corrected chi connectivity index (χ4v) is 2.14. The highest BCUT2D eigenvalue weighted by Crippen LogP contribution is 2.15. The Labute approximate surface area is 107 Å². The highest BCUT2D eigenvalue weighted by atomic mass is 16.3. The van der Waals surface area contributed by atoms with Gasteiger partial charge in [-0.25, -0.2) is 4.98 Å². The molecule has 0 bridgehead atoms. The third kappa shape index (κ3) is 2.61. The molecule has 0 aliphatic carbocycles. The maximum Gasteiger partial charge on any atom is 0.134 e. The molecule has 0 aliphatic rings. The van der Waals surface area contributed by atoms with Gasteiger partial charge in [-0.2, -0.15) is 5.10 Å². The van der Waals surface area contributed by atoms with Gasteiger partial charge >= 0.3 is 0 Å². The highest BCUT2D eigenvalue weighted by molar-refractivity contribution is 5.03. The molecule has 2 aromatic rings. The molecule has 5 heteroatoms. The van der Waals surface area contributed by atoms with Gasteiger partial charge in [-0.15, -0.1) is 0 Å². The van der Waals surface area contributed by atoms with Crippen LogP contribution in [0.1, 0.15) is 44.2 Å². The smallest absolute Gasteiger partial charge is 0.134 e. The number of aliphatic hydroxyl groups excluding tert-OH is 1. The fourth-order valence-electron chi connectivity index (χ4n) is 2.14. The summed E-state index contributed by atoms with van der Waals surface area (Å²) in [7, 11) is 0. The number of hydrogen-bond acceptors (Lipinski definition) is 3. The SMILES string of the molecule is CCC(CC)n1ccc(Cn2ccnc2CO)n1. The van der Waals surface area contributed by atoms with Crippen molar-refractivity contribution in [1.82, 2.24) is 19.3 Å². The molecule has 18 heavy (non-hydrogen) atoms. The van der Waals surface area contributed by atoms with E-state index in [9.17, 15) is 0 Å². The second kappa shape index (κ2) is 5.82. The van der Waals surface area contributed by atoms with E-state index in [4.69, 9.17) is 5.11 Å². The summed E-state index contributed by atoms with van der Waals surface area (Å²) < 4.78 is 3.95. The Morgan fingerprint density at radius 1 is 1.28 bits per heavy atom. The number of aliphatic hydroxyl groups is 1. The average molecular weight is 248 g/mol. The molecule has 0 amide bonds. The van der Waals surface area contributed by atoms with Gasteiger partial charge in [0.2, 0.25) is 0 Å². The summed E-state index contributed by atoms with van der Waals surface area (Å²) in [6.07, 6.45) is 7.77. The Balaban J connectivity index is 2.11. The minimum atomic E-state index is -0.0414. The van der Waals surface area contributed by atoms with Crippen molar-refractivity contribution in [2.45, 2.75) is 45.9 Å². The lowest BCUT2D eigenvalue weighted by Gasteiger charge is -2.12. The third-order valence-electron chi connectivity index (χ3n) is 3.26. The minimum Gasteiger partial charge on any atom is -0.388 e. The van der Waals surface area contributed by atoms with Crippen LogP contribution in [0.4, 0.5) is 0 Å². The lowest BCUT2D eigenvalue weighted by molar-refractivity contribution is 0.266. The standard InChI is InChI=1S/C13H20N4O/c1-3-12(4-2)17-7-5-11(15-17)9-16-8-6-14-13(16)10-18/h5-8,12,18H,3-4,9-10H2,1-2H3. The fraction of sp³-hybridized carbons (Fsp3) is 0.538. The Bertz CT molecular complexity index is 485. The normalized spacial score (nSPS) is 11.3. The maximum atomic E-state index is 9.15. The number of rotatable bonds is 6. The first-order valence-corrected chi connectivity index (χ1v) is 6.43. The van der Waals surface area contributed by atoms with Gasteiger partial charge in [0.05, 0.1) is 18.3 Å². The molecule has 0 fully saturated rings.